The fourth-order valence-electron chi connectivity index (χ4n) is 0.738. The van der Waals surface area contributed by atoms with Crippen molar-refractivity contribution in [2.24, 2.45) is 0 Å². The van der Waals surface area contributed by atoms with Crippen molar-refractivity contribution in [3.8, 4) is 0 Å². The fourth-order valence-corrected chi connectivity index (χ4v) is 1.55. The van der Waals surface area contributed by atoms with Crippen LogP contribution in [0.5, 0.6) is 0 Å². The quantitative estimate of drug-likeness (QED) is 0.612. The lowest BCUT2D eigenvalue weighted by molar-refractivity contribution is 0.392. The minimum Gasteiger partial charge on any atom is -0.303 e. The van der Waals surface area contributed by atoms with Crippen molar-refractivity contribution >= 4 is 45.6 Å². The largest absolute Gasteiger partial charge is 0.303 e. The van der Waals surface area contributed by atoms with Gasteiger partial charge in [-0.2, -0.15) is 0 Å². The summed E-state index contributed by atoms with van der Waals surface area (Å²) < 4.78 is 0.754. The second kappa shape index (κ2) is 4.06. The lowest BCUT2D eigenvalue weighted by atomic mass is 10.7. The highest BCUT2D eigenvalue weighted by Crippen LogP contribution is 2.10. The molecule has 0 saturated heterocycles. The van der Waals surface area contributed by atoms with E-state index in [0.29, 0.717) is 5.11 Å². The predicted octanol–water partition coefficient (Wildman–Crippen LogP) is 1.14. The Bertz CT molecular complexity index is 238. The lowest BCUT2D eigenvalue weighted by Gasteiger charge is -2.31. The summed E-state index contributed by atoms with van der Waals surface area (Å²) in [7, 11) is 1.85. The van der Waals surface area contributed by atoms with Gasteiger partial charge in [0, 0.05) is 19.4 Å². The molecular weight excluding hydrogens is 210 g/mol. The van der Waals surface area contributed by atoms with Gasteiger partial charge in [-0.15, -0.1) is 0 Å². The van der Waals surface area contributed by atoms with Gasteiger partial charge in [0.2, 0.25) is 0 Å². The summed E-state index contributed by atoms with van der Waals surface area (Å²) >= 11 is 11.7. The van der Waals surface area contributed by atoms with Gasteiger partial charge in [0.05, 0.1) is 0 Å². The second-order valence-corrected chi connectivity index (χ2v) is 3.93. The molecule has 0 amide bonds. The molecule has 1 aliphatic heterocycles. The van der Waals surface area contributed by atoms with Crippen LogP contribution in [-0.2, 0) is 0 Å². The van der Waals surface area contributed by atoms with Crippen LogP contribution in [0.15, 0.2) is 12.4 Å². The minimum atomic E-state index is 0.664. The SMILES string of the molecule is CSC(=S)N1C=CNN(C)C1=S. The molecule has 1 aliphatic rings. The molecule has 0 aromatic carbocycles. The molecule has 0 aliphatic carbocycles. The number of hydrogen-bond acceptors (Lipinski definition) is 4. The highest BCUT2D eigenvalue weighted by atomic mass is 32.2. The average Bonchev–Trinajstić information content (AvgIpc) is 2.08. The molecule has 0 spiro atoms. The van der Waals surface area contributed by atoms with Gasteiger partial charge < -0.3 is 5.43 Å². The molecule has 0 aromatic heterocycles. The highest BCUT2D eigenvalue weighted by molar-refractivity contribution is 8.22. The number of thioether (sulfide) groups is 1. The zero-order valence-electron chi connectivity index (χ0n) is 6.77. The zero-order chi connectivity index (χ0) is 9.14. The first kappa shape index (κ1) is 9.76. The Morgan fingerprint density at radius 2 is 2.33 bits per heavy atom. The first-order valence-corrected chi connectivity index (χ1v) is 5.28. The molecule has 6 heteroatoms. The van der Waals surface area contributed by atoms with E-state index in [0.717, 1.165) is 4.32 Å². The minimum absolute atomic E-state index is 0.664. The number of nitrogens with one attached hydrogen (secondary N) is 1. The van der Waals surface area contributed by atoms with E-state index in [1.165, 1.54) is 11.8 Å². The summed E-state index contributed by atoms with van der Waals surface area (Å²) in [6.45, 7) is 0. The Morgan fingerprint density at radius 1 is 1.67 bits per heavy atom. The van der Waals surface area contributed by atoms with Crippen LogP contribution in [0.2, 0.25) is 0 Å². The van der Waals surface area contributed by atoms with E-state index in [-0.39, 0.29) is 0 Å². The Kier molecular flexibility index (Phi) is 3.30. The summed E-state index contributed by atoms with van der Waals surface area (Å²) in [6.07, 6.45) is 5.54. The normalized spacial score (nSPS) is 16.3. The van der Waals surface area contributed by atoms with Gasteiger partial charge in [-0.1, -0.05) is 24.0 Å². The van der Waals surface area contributed by atoms with Crippen LogP contribution < -0.4 is 5.43 Å². The van der Waals surface area contributed by atoms with Gasteiger partial charge in [0.1, 0.15) is 4.32 Å². The molecule has 0 bridgehead atoms. The third-order valence-corrected chi connectivity index (χ3v) is 3.07. The summed E-state index contributed by atoms with van der Waals surface area (Å²) in [6, 6.07) is 0. The molecule has 0 radical (unpaired) electrons. The van der Waals surface area contributed by atoms with E-state index in [9.17, 15) is 0 Å². The lowest BCUT2D eigenvalue weighted by Crippen LogP contribution is -2.48. The fraction of sp³-hybridized carbons (Fsp3) is 0.333. The molecule has 0 unspecified atom stereocenters. The third-order valence-electron chi connectivity index (χ3n) is 1.36. The summed E-state index contributed by atoms with van der Waals surface area (Å²) in [4.78, 5) is 1.78. The van der Waals surface area contributed by atoms with Gasteiger partial charge in [0.15, 0.2) is 5.11 Å². The topological polar surface area (TPSA) is 18.5 Å². The first-order chi connectivity index (χ1) is 5.66. The molecule has 1 heterocycles. The van der Waals surface area contributed by atoms with Crippen molar-refractivity contribution in [3.63, 3.8) is 0 Å². The maximum absolute atomic E-state index is 5.13. The highest BCUT2D eigenvalue weighted by Gasteiger charge is 2.17. The Balaban J connectivity index is 2.77. The zero-order valence-corrected chi connectivity index (χ0v) is 9.22. The molecule has 0 aromatic rings. The Labute approximate surface area is 86.7 Å². The monoisotopic (exact) mass is 219 g/mol. The van der Waals surface area contributed by atoms with Gasteiger partial charge in [-0.25, -0.2) is 0 Å². The van der Waals surface area contributed by atoms with Crippen LogP contribution in [0.3, 0.4) is 0 Å². The van der Waals surface area contributed by atoms with Crippen molar-refractivity contribution in [2.75, 3.05) is 13.3 Å². The Hall–Kier alpha value is -0.330. The van der Waals surface area contributed by atoms with Crippen molar-refractivity contribution in [1.82, 2.24) is 15.3 Å². The van der Waals surface area contributed by atoms with E-state index >= 15 is 0 Å². The van der Waals surface area contributed by atoms with E-state index in [2.05, 4.69) is 5.43 Å². The molecule has 1 N–H and O–H groups in total. The van der Waals surface area contributed by atoms with Gasteiger partial charge in [0.25, 0.3) is 0 Å². The molecule has 0 atom stereocenters. The van der Waals surface area contributed by atoms with Crippen molar-refractivity contribution in [3.05, 3.63) is 12.4 Å². The number of rotatable bonds is 0. The van der Waals surface area contributed by atoms with Crippen LogP contribution in [-0.4, -0.2) is 32.6 Å². The molecule has 0 saturated carbocycles. The predicted molar refractivity (Wildman–Crippen MR) is 60.6 cm³/mol. The van der Waals surface area contributed by atoms with Gasteiger partial charge in [-0.05, 0) is 18.5 Å². The maximum Gasteiger partial charge on any atom is 0.200 e. The molecule has 66 valence electrons. The molecule has 1 rings (SSSR count). The molecular formula is C6H9N3S3. The molecule has 0 fully saturated rings. The number of thiocarbonyl (C=S) groups is 2. The second-order valence-electron chi connectivity index (χ2n) is 2.13. The molecule has 12 heavy (non-hydrogen) atoms. The van der Waals surface area contributed by atoms with E-state index in [1.807, 2.05) is 19.5 Å². The summed E-state index contributed by atoms with van der Waals surface area (Å²) in [5.74, 6) is 0. The van der Waals surface area contributed by atoms with Crippen molar-refractivity contribution in [2.45, 2.75) is 0 Å². The Morgan fingerprint density at radius 3 is 2.92 bits per heavy atom. The van der Waals surface area contributed by atoms with Crippen LogP contribution in [0.1, 0.15) is 0 Å². The number of hydrazine groups is 1. The van der Waals surface area contributed by atoms with Crippen LogP contribution >= 0.6 is 36.2 Å². The van der Waals surface area contributed by atoms with Gasteiger partial charge in [-0.3, -0.25) is 9.91 Å². The number of hydrogen-bond donors (Lipinski definition) is 1. The van der Waals surface area contributed by atoms with E-state index in [4.69, 9.17) is 24.4 Å². The van der Waals surface area contributed by atoms with E-state index < -0.39 is 0 Å². The number of nitrogens with zero attached hydrogens (tertiary/aromatic N) is 2. The van der Waals surface area contributed by atoms with Crippen LogP contribution in [0, 0.1) is 0 Å². The maximum atomic E-state index is 5.13. The third kappa shape index (κ3) is 1.88. The van der Waals surface area contributed by atoms with E-state index in [1.54, 1.807) is 16.1 Å². The summed E-state index contributed by atoms with van der Waals surface area (Å²) in [5, 5.41) is 2.40. The van der Waals surface area contributed by atoms with Crippen LogP contribution in [0.4, 0.5) is 0 Å². The van der Waals surface area contributed by atoms with Crippen molar-refractivity contribution in [1.29, 1.82) is 0 Å². The standard InChI is InChI=1S/C6H9N3S3/c1-8-5(10)9(4-3-7-8)6(11)12-2/h3-4,7H,1-2H3. The molecule has 3 nitrogen and oxygen atoms in total. The smallest absolute Gasteiger partial charge is 0.200 e. The van der Waals surface area contributed by atoms with Gasteiger partial charge >= 0.3 is 0 Å². The van der Waals surface area contributed by atoms with Crippen molar-refractivity contribution < 1.29 is 0 Å². The first-order valence-electron chi connectivity index (χ1n) is 3.24. The average molecular weight is 219 g/mol. The summed E-state index contributed by atoms with van der Waals surface area (Å²) in [5.41, 5.74) is 2.94. The van der Waals surface area contributed by atoms with Crippen LogP contribution in [0.25, 0.3) is 0 Å².